The zero-order valence-electron chi connectivity index (χ0n) is 14.9. The molecule has 1 spiro atoms. The van der Waals surface area contributed by atoms with Crippen molar-refractivity contribution in [1.82, 2.24) is 10.2 Å². The topological polar surface area (TPSA) is 58.6 Å². The van der Waals surface area contributed by atoms with Crippen LogP contribution in [0.1, 0.15) is 28.8 Å². The lowest BCUT2D eigenvalue weighted by molar-refractivity contribution is -0.136. The Bertz CT molecular complexity index is 885. The molecule has 2 aliphatic heterocycles. The summed E-state index contributed by atoms with van der Waals surface area (Å²) < 4.78 is 6.31. The molecule has 0 aliphatic carbocycles. The number of nitrogens with zero attached hydrogens (tertiary/aromatic N) is 1. The van der Waals surface area contributed by atoms with Gasteiger partial charge in [-0.15, -0.1) is 0 Å². The second-order valence-electron chi connectivity index (χ2n) is 7.19. The first-order valence-corrected chi connectivity index (χ1v) is 9.51. The summed E-state index contributed by atoms with van der Waals surface area (Å²) in [5.74, 6) is 0.491. The number of carbonyl (C=O) groups excluding carboxylic acids is 2. The molecule has 2 aromatic carbocycles. The fourth-order valence-electron chi connectivity index (χ4n) is 3.82. The Balaban J connectivity index is 1.52. The molecule has 1 N–H and O–H groups in total. The number of ether oxygens (including phenoxy) is 1. The van der Waals surface area contributed by atoms with E-state index in [0.29, 0.717) is 42.4 Å². The fraction of sp³-hybridized carbons (Fsp3) is 0.333. The van der Waals surface area contributed by atoms with E-state index in [1.807, 2.05) is 41.3 Å². The minimum Gasteiger partial charge on any atom is -0.483 e. The summed E-state index contributed by atoms with van der Waals surface area (Å²) in [6.07, 6.45) is 1.93. The van der Waals surface area contributed by atoms with E-state index in [1.165, 1.54) is 0 Å². The number of likely N-dealkylation sites (tertiary alicyclic amines) is 1. The van der Waals surface area contributed by atoms with Crippen molar-refractivity contribution in [1.29, 1.82) is 0 Å². The van der Waals surface area contributed by atoms with Crippen molar-refractivity contribution in [3.8, 4) is 5.75 Å². The molecule has 1 atom stereocenters. The Hall–Kier alpha value is -2.53. The predicted molar refractivity (Wildman–Crippen MR) is 103 cm³/mol. The van der Waals surface area contributed by atoms with Crippen molar-refractivity contribution < 1.29 is 14.3 Å². The van der Waals surface area contributed by atoms with E-state index in [4.69, 9.17) is 16.3 Å². The van der Waals surface area contributed by atoms with E-state index in [9.17, 15) is 9.59 Å². The largest absolute Gasteiger partial charge is 0.483 e. The zero-order valence-corrected chi connectivity index (χ0v) is 15.7. The van der Waals surface area contributed by atoms with Crippen molar-refractivity contribution in [2.45, 2.75) is 24.9 Å². The summed E-state index contributed by atoms with van der Waals surface area (Å²) in [5, 5.41) is 3.59. The molecule has 1 fully saturated rings. The normalized spacial score (nSPS) is 21.8. The Morgan fingerprint density at radius 3 is 2.93 bits per heavy atom. The summed E-state index contributed by atoms with van der Waals surface area (Å²) in [7, 11) is 0. The van der Waals surface area contributed by atoms with Crippen LogP contribution < -0.4 is 10.1 Å². The van der Waals surface area contributed by atoms with Crippen LogP contribution in [0.15, 0.2) is 48.5 Å². The average Bonchev–Trinajstić information content (AvgIpc) is 2.79. The highest BCUT2D eigenvalue weighted by atomic mass is 35.5. The van der Waals surface area contributed by atoms with Gasteiger partial charge in [0.25, 0.3) is 5.91 Å². The summed E-state index contributed by atoms with van der Waals surface area (Å²) >= 11 is 6.03. The van der Waals surface area contributed by atoms with Crippen LogP contribution in [0.2, 0.25) is 5.02 Å². The summed E-state index contributed by atoms with van der Waals surface area (Å²) in [4.78, 5) is 27.0. The molecule has 0 saturated carbocycles. The van der Waals surface area contributed by atoms with Gasteiger partial charge in [-0.25, -0.2) is 0 Å². The first-order valence-electron chi connectivity index (χ1n) is 9.13. The minimum atomic E-state index is -0.593. The molecule has 0 aromatic heterocycles. The van der Waals surface area contributed by atoms with Crippen LogP contribution in [0.4, 0.5) is 0 Å². The summed E-state index contributed by atoms with van der Waals surface area (Å²) in [5.41, 5.74) is 0.842. The first-order chi connectivity index (χ1) is 13.0. The molecule has 4 rings (SSSR count). The molecule has 2 aromatic rings. The SMILES string of the molecule is O=C1NCC2(CCCN(C(=O)Cc3cccc(Cl)c3)C2)Oc2ccccc21. The van der Waals surface area contributed by atoms with Crippen molar-refractivity contribution in [2.24, 2.45) is 0 Å². The van der Waals surface area contributed by atoms with Gasteiger partial charge in [0.2, 0.25) is 5.91 Å². The Morgan fingerprint density at radius 1 is 1.22 bits per heavy atom. The van der Waals surface area contributed by atoms with E-state index >= 15 is 0 Å². The maximum absolute atomic E-state index is 12.8. The molecule has 5 nitrogen and oxygen atoms in total. The van der Waals surface area contributed by atoms with Gasteiger partial charge in [-0.3, -0.25) is 9.59 Å². The first kappa shape index (κ1) is 17.9. The lowest BCUT2D eigenvalue weighted by atomic mass is 9.92. The fourth-order valence-corrected chi connectivity index (χ4v) is 4.03. The molecule has 1 saturated heterocycles. The molecule has 0 radical (unpaired) electrons. The van der Waals surface area contributed by atoms with Crippen molar-refractivity contribution in [3.63, 3.8) is 0 Å². The number of halogens is 1. The molecular formula is C21H21ClN2O3. The van der Waals surface area contributed by atoms with Crippen molar-refractivity contribution in [2.75, 3.05) is 19.6 Å². The summed E-state index contributed by atoms with van der Waals surface area (Å²) in [6, 6.07) is 14.6. The van der Waals surface area contributed by atoms with Gasteiger partial charge in [0.15, 0.2) is 0 Å². The molecule has 0 bridgehead atoms. The maximum Gasteiger partial charge on any atom is 0.255 e. The standard InChI is InChI=1S/C21H21ClN2O3/c22-16-6-3-5-15(11-16)12-19(25)24-10-4-9-21(14-24)13-23-20(26)17-7-1-2-8-18(17)27-21/h1-3,5-8,11H,4,9-10,12-14H2,(H,23,26). The highest BCUT2D eigenvalue weighted by molar-refractivity contribution is 6.30. The highest BCUT2D eigenvalue weighted by Crippen LogP contribution is 2.32. The molecule has 2 aliphatic rings. The third-order valence-electron chi connectivity index (χ3n) is 5.17. The second-order valence-corrected chi connectivity index (χ2v) is 7.63. The Labute approximate surface area is 163 Å². The maximum atomic E-state index is 12.8. The quantitative estimate of drug-likeness (QED) is 0.865. The van der Waals surface area contributed by atoms with Gasteiger partial charge in [-0.1, -0.05) is 35.9 Å². The highest BCUT2D eigenvalue weighted by Gasteiger charge is 2.41. The number of amides is 2. The van der Waals surface area contributed by atoms with E-state index < -0.39 is 5.60 Å². The van der Waals surface area contributed by atoms with Gasteiger partial charge in [0.05, 0.1) is 25.1 Å². The van der Waals surface area contributed by atoms with Crippen LogP contribution in [-0.4, -0.2) is 41.9 Å². The van der Waals surface area contributed by atoms with Crippen LogP contribution in [0.5, 0.6) is 5.75 Å². The smallest absolute Gasteiger partial charge is 0.255 e. The molecule has 27 heavy (non-hydrogen) atoms. The van der Waals surface area contributed by atoms with Crippen LogP contribution in [0.3, 0.4) is 0 Å². The van der Waals surface area contributed by atoms with E-state index in [-0.39, 0.29) is 11.8 Å². The monoisotopic (exact) mass is 384 g/mol. The minimum absolute atomic E-state index is 0.0452. The number of hydrogen-bond donors (Lipinski definition) is 1. The number of para-hydroxylation sites is 1. The number of carbonyl (C=O) groups is 2. The van der Waals surface area contributed by atoms with Gasteiger partial charge in [0, 0.05) is 11.6 Å². The second kappa shape index (κ2) is 7.24. The van der Waals surface area contributed by atoms with Gasteiger partial charge >= 0.3 is 0 Å². The number of piperidine rings is 1. The van der Waals surface area contributed by atoms with Gasteiger partial charge in [-0.05, 0) is 42.7 Å². The van der Waals surface area contributed by atoms with Crippen LogP contribution >= 0.6 is 11.6 Å². The lowest BCUT2D eigenvalue weighted by Gasteiger charge is -2.42. The molecule has 2 heterocycles. The third kappa shape index (κ3) is 3.78. The number of fused-ring (bicyclic) bond motifs is 1. The van der Waals surface area contributed by atoms with Crippen molar-refractivity contribution in [3.05, 3.63) is 64.7 Å². The molecule has 6 heteroatoms. The zero-order chi connectivity index (χ0) is 18.9. The lowest BCUT2D eigenvalue weighted by Crippen LogP contribution is -2.58. The summed E-state index contributed by atoms with van der Waals surface area (Å²) in [6.45, 7) is 1.54. The number of nitrogens with one attached hydrogen (secondary N) is 1. The number of hydrogen-bond acceptors (Lipinski definition) is 3. The van der Waals surface area contributed by atoms with E-state index in [0.717, 1.165) is 18.4 Å². The average molecular weight is 385 g/mol. The molecule has 2 amide bonds. The Kier molecular flexibility index (Phi) is 4.79. The van der Waals surface area contributed by atoms with E-state index in [2.05, 4.69) is 5.32 Å². The van der Waals surface area contributed by atoms with Crippen molar-refractivity contribution >= 4 is 23.4 Å². The van der Waals surface area contributed by atoms with Gasteiger partial charge < -0.3 is 15.0 Å². The van der Waals surface area contributed by atoms with Crippen LogP contribution in [0.25, 0.3) is 0 Å². The van der Waals surface area contributed by atoms with Crippen LogP contribution in [-0.2, 0) is 11.2 Å². The van der Waals surface area contributed by atoms with Gasteiger partial charge in [-0.2, -0.15) is 0 Å². The van der Waals surface area contributed by atoms with Crippen LogP contribution in [0, 0.1) is 0 Å². The third-order valence-corrected chi connectivity index (χ3v) is 5.40. The van der Waals surface area contributed by atoms with Gasteiger partial charge in [0.1, 0.15) is 11.4 Å². The molecule has 1 unspecified atom stereocenters. The van der Waals surface area contributed by atoms with E-state index in [1.54, 1.807) is 12.1 Å². The molecular weight excluding hydrogens is 364 g/mol. The number of benzene rings is 2. The Morgan fingerprint density at radius 2 is 2.07 bits per heavy atom. The predicted octanol–water partition coefficient (Wildman–Crippen LogP) is 3.07. The number of rotatable bonds is 2. The molecule has 140 valence electrons.